The molecule has 0 saturated heterocycles. The zero-order valence-electron chi connectivity index (χ0n) is 24.8. The first kappa shape index (κ1) is 29.4. The van der Waals surface area contributed by atoms with E-state index >= 15 is 0 Å². The van der Waals surface area contributed by atoms with Gasteiger partial charge in [0.15, 0.2) is 0 Å². The lowest BCUT2D eigenvalue weighted by atomic mass is 9.86. The molecule has 0 aliphatic heterocycles. The molecule has 0 heterocycles. The van der Waals surface area contributed by atoms with Crippen molar-refractivity contribution in [2.45, 2.75) is 33.1 Å². The van der Waals surface area contributed by atoms with Gasteiger partial charge in [-0.05, 0) is 77.1 Å². The average Bonchev–Trinajstić information content (AvgIpc) is 3.04. The molecule has 0 spiro atoms. The topological polar surface area (TPSA) is 64.3 Å². The fourth-order valence-electron chi connectivity index (χ4n) is 5.79. The van der Waals surface area contributed by atoms with E-state index in [-0.39, 0.29) is 0 Å². The van der Waals surface area contributed by atoms with E-state index in [9.17, 15) is 15.2 Å². The monoisotopic (exact) mass is 564 g/mol. The SMILES string of the molecule is C/C(=C(/c1ccccc1)c1ccc(C(C)C(C#N)C(=O)O)cc1)c1ccc(N(C2=CC=CCC2C)c2ccccc2)cc1. The van der Waals surface area contributed by atoms with Crippen LogP contribution in [0, 0.1) is 23.2 Å². The number of nitriles is 1. The first-order chi connectivity index (χ1) is 20.9. The fourth-order valence-corrected chi connectivity index (χ4v) is 5.79. The Kier molecular flexibility index (Phi) is 9.03. The van der Waals surface area contributed by atoms with E-state index in [1.165, 1.54) is 5.70 Å². The Morgan fingerprint density at radius 3 is 1.98 bits per heavy atom. The van der Waals surface area contributed by atoms with Crippen molar-refractivity contribution in [2.75, 3.05) is 4.90 Å². The standard InChI is InChI=1S/C39H36N2O2/c1-27-12-10-11-17-37(27)41(34-15-8-5-9-16-34)35-24-22-31(23-25-35)29(3)38(32-13-6-4-7-14-32)33-20-18-30(19-21-33)28(2)36(26-40)39(42)43/h4-11,13-25,27-28,36H,12H2,1-3H3,(H,42,43)/b38-29+. The van der Waals surface area contributed by atoms with Crippen LogP contribution in [-0.4, -0.2) is 11.1 Å². The third-order valence-electron chi connectivity index (χ3n) is 8.30. The van der Waals surface area contributed by atoms with Crippen LogP contribution < -0.4 is 4.90 Å². The molecule has 3 unspecified atom stereocenters. The minimum absolute atomic E-state index is 0.404. The number of hydrogen-bond donors (Lipinski definition) is 1. The van der Waals surface area contributed by atoms with E-state index < -0.39 is 17.8 Å². The van der Waals surface area contributed by atoms with Crippen LogP contribution >= 0.6 is 0 Å². The Balaban J connectivity index is 1.55. The smallest absolute Gasteiger partial charge is 0.321 e. The molecule has 1 aliphatic carbocycles. The molecule has 0 aromatic heterocycles. The number of anilines is 2. The molecule has 0 radical (unpaired) electrons. The van der Waals surface area contributed by atoms with Gasteiger partial charge >= 0.3 is 5.97 Å². The van der Waals surface area contributed by atoms with Crippen LogP contribution in [0.4, 0.5) is 11.4 Å². The van der Waals surface area contributed by atoms with Gasteiger partial charge < -0.3 is 10.0 Å². The maximum Gasteiger partial charge on any atom is 0.321 e. The van der Waals surface area contributed by atoms with Gasteiger partial charge in [-0.1, -0.05) is 111 Å². The second-order valence-corrected chi connectivity index (χ2v) is 11.1. The molecule has 0 bridgehead atoms. The summed E-state index contributed by atoms with van der Waals surface area (Å²) in [4.78, 5) is 13.9. The molecule has 4 nitrogen and oxygen atoms in total. The number of carbonyl (C=O) groups is 1. The number of nitrogens with zero attached hydrogens (tertiary/aromatic N) is 2. The maximum atomic E-state index is 11.6. The molecule has 4 heteroatoms. The van der Waals surface area contributed by atoms with Gasteiger partial charge in [-0.3, -0.25) is 4.79 Å². The number of hydrogen-bond acceptors (Lipinski definition) is 3. The lowest BCUT2D eigenvalue weighted by Crippen LogP contribution is -2.22. The number of rotatable bonds is 9. The zero-order valence-corrected chi connectivity index (χ0v) is 24.8. The molecule has 4 aromatic carbocycles. The third kappa shape index (κ3) is 6.37. The molecule has 0 fully saturated rings. The van der Waals surface area contributed by atoms with Crippen molar-refractivity contribution in [3.63, 3.8) is 0 Å². The first-order valence-electron chi connectivity index (χ1n) is 14.7. The van der Waals surface area contributed by atoms with E-state index in [4.69, 9.17) is 0 Å². The predicted molar refractivity (Wildman–Crippen MR) is 176 cm³/mol. The molecule has 4 aromatic rings. The summed E-state index contributed by atoms with van der Waals surface area (Å²) < 4.78 is 0. The number of aliphatic carboxylic acids is 1. The quantitative estimate of drug-likeness (QED) is 0.206. The van der Waals surface area contributed by atoms with Crippen molar-refractivity contribution in [1.29, 1.82) is 5.26 Å². The van der Waals surface area contributed by atoms with E-state index in [0.29, 0.717) is 5.92 Å². The molecule has 214 valence electrons. The molecule has 3 atom stereocenters. The van der Waals surface area contributed by atoms with Crippen molar-refractivity contribution >= 4 is 28.5 Å². The number of carboxylic acids is 1. The summed E-state index contributed by atoms with van der Waals surface area (Å²) in [5.41, 5.74) is 9.85. The van der Waals surface area contributed by atoms with E-state index in [0.717, 1.165) is 51.2 Å². The molecule has 1 N–H and O–H groups in total. The van der Waals surface area contributed by atoms with Gasteiger partial charge in [-0.25, -0.2) is 0 Å². The van der Waals surface area contributed by atoms with Crippen molar-refractivity contribution in [3.8, 4) is 6.07 Å². The Morgan fingerprint density at radius 1 is 0.837 bits per heavy atom. The van der Waals surface area contributed by atoms with Gasteiger partial charge in [0.25, 0.3) is 0 Å². The van der Waals surface area contributed by atoms with Gasteiger partial charge in [0, 0.05) is 28.9 Å². The molecule has 0 saturated carbocycles. The van der Waals surface area contributed by atoms with E-state index in [2.05, 4.69) is 97.6 Å². The fraction of sp³-hybridized carbons (Fsp3) is 0.179. The highest BCUT2D eigenvalue weighted by atomic mass is 16.4. The number of allylic oxidation sites excluding steroid dienone is 5. The summed E-state index contributed by atoms with van der Waals surface area (Å²) in [7, 11) is 0. The molecule has 5 rings (SSSR count). The summed E-state index contributed by atoms with van der Waals surface area (Å²) in [6.07, 6.45) is 7.60. The van der Waals surface area contributed by atoms with Gasteiger partial charge in [0.1, 0.15) is 5.92 Å². The van der Waals surface area contributed by atoms with Gasteiger partial charge in [0.2, 0.25) is 0 Å². The summed E-state index contributed by atoms with van der Waals surface area (Å²) >= 11 is 0. The van der Waals surface area contributed by atoms with E-state index in [1.54, 1.807) is 6.92 Å². The number of para-hydroxylation sites is 1. The average molecular weight is 565 g/mol. The second-order valence-electron chi connectivity index (χ2n) is 11.1. The number of carboxylic acid groups (broad SMARTS) is 1. The molecule has 43 heavy (non-hydrogen) atoms. The normalized spacial score (nSPS) is 16.3. The van der Waals surface area contributed by atoms with Gasteiger partial charge in [-0.15, -0.1) is 0 Å². The lowest BCUT2D eigenvalue weighted by Gasteiger charge is -2.32. The third-order valence-corrected chi connectivity index (χ3v) is 8.30. The number of benzene rings is 4. The highest BCUT2D eigenvalue weighted by molar-refractivity contribution is 5.98. The van der Waals surface area contributed by atoms with Gasteiger partial charge in [0.05, 0.1) is 6.07 Å². The van der Waals surface area contributed by atoms with Crippen LogP contribution in [0.5, 0.6) is 0 Å². The maximum absolute atomic E-state index is 11.6. The minimum Gasteiger partial charge on any atom is -0.480 e. The van der Waals surface area contributed by atoms with Crippen LogP contribution in [0.15, 0.2) is 133 Å². The van der Waals surface area contributed by atoms with Crippen molar-refractivity contribution in [2.24, 2.45) is 11.8 Å². The van der Waals surface area contributed by atoms with Crippen molar-refractivity contribution < 1.29 is 9.90 Å². The minimum atomic E-state index is -1.10. The Hall–Kier alpha value is -5.14. The largest absolute Gasteiger partial charge is 0.480 e. The van der Waals surface area contributed by atoms with Crippen molar-refractivity contribution in [3.05, 3.63) is 155 Å². The highest BCUT2D eigenvalue weighted by Gasteiger charge is 2.26. The van der Waals surface area contributed by atoms with Crippen LogP contribution in [0.25, 0.3) is 11.1 Å². The lowest BCUT2D eigenvalue weighted by molar-refractivity contribution is -0.140. The van der Waals surface area contributed by atoms with Gasteiger partial charge in [-0.2, -0.15) is 5.26 Å². The summed E-state index contributed by atoms with van der Waals surface area (Å²) in [6.45, 7) is 6.21. The Labute approximate surface area is 254 Å². The van der Waals surface area contributed by atoms with Crippen LogP contribution in [0.3, 0.4) is 0 Å². The molecule has 1 aliphatic rings. The van der Waals surface area contributed by atoms with Crippen molar-refractivity contribution in [1.82, 2.24) is 0 Å². The molecular formula is C39H36N2O2. The summed E-state index contributed by atoms with van der Waals surface area (Å²) in [5.74, 6) is -2.20. The summed E-state index contributed by atoms with van der Waals surface area (Å²) in [6, 6.07) is 39.5. The van der Waals surface area contributed by atoms with Crippen LogP contribution in [0.1, 0.15) is 55.4 Å². The predicted octanol–water partition coefficient (Wildman–Crippen LogP) is 9.61. The Bertz CT molecular complexity index is 1690. The summed E-state index contributed by atoms with van der Waals surface area (Å²) in [5, 5.41) is 18.8. The zero-order chi connectivity index (χ0) is 30.3. The molecule has 0 amide bonds. The van der Waals surface area contributed by atoms with Crippen LogP contribution in [0.2, 0.25) is 0 Å². The van der Waals surface area contributed by atoms with Crippen LogP contribution in [-0.2, 0) is 4.79 Å². The highest BCUT2D eigenvalue weighted by Crippen LogP contribution is 2.38. The molecular weight excluding hydrogens is 528 g/mol. The Morgan fingerprint density at radius 2 is 1.40 bits per heavy atom. The second kappa shape index (κ2) is 13.2. The first-order valence-corrected chi connectivity index (χ1v) is 14.7. The van der Waals surface area contributed by atoms with E-state index in [1.807, 2.05) is 54.6 Å².